The first-order valence-corrected chi connectivity index (χ1v) is 12.6. The van der Waals surface area contributed by atoms with Crippen LogP contribution in [0.1, 0.15) is 52.0 Å². The van der Waals surface area contributed by atoms with Crippen LogP contribution in [0.4, 0.5) is 0 Å². The van der Waals surface area contributed by atoms with Crippen LogP contribution in [0.2, 0.25) is 0 Å². The number of carbonyl (C=O) groups is 4. The molecule has 0 aliphatic carbocycles. The lowest BCUT2D eigenvalue weighted by Gasteiger charge is -2.34. The molecule has 7 N–H and O–H groups in total. The highest BCUT2D eigenvalue weighted by Gasteiger charge is 2.41. The Morgan fingerprint density at radius 2 is 1.65 bits per heavy atom. The van der Waals surface area contributed by atoms with Crippen molar-refractivity contribution < 1.29 is 34.1 Å². The number of methoxy groups -OCH3 is 1. The number of imide groups is 1. The van der Waals surface area contributed by atoms with Crippen molar-refractivity contribution in [2.45, 2.75) is 71.0 Å². The van der Waals surface area contributed by atoms with Gasteiger partial charge in [0.05, 0.1) is 19.2 Å². The minimum Gasteiger partial charge on any atom is -0.508 e. The van der Waals surface area contributed by atoms with Crippen LogP contribution in [-0.2, 0) is 30.3 Å². The number of phenols is 1. The van der Waals surface area contributed by atoms with E-state index in [2.05, 4.69) is 5.32 Å². The highest BCUT2D eigenvalue weighted by atomic mass is 16.5. The number of aromatic hydroxyl groups is 1. The van der Waals surface area contributed by atoms with Gasteiger partial charge in [-0.05, 0) is 49.8 Å². The molecule has 3 amide bonds. The fourth-order valence-electron chi connectivity index (χ4n) is 3.84. The lowest BCUT2D eigenvalue weighted by atomic mass is 9.95. The van der Waals surface area contributed by atoms with Crippen molar-refractivity contribution in [3.63, 3.8) is 0 Å². The lowest BCUT2D eigenvalue weighted by Crippen LogP contribution is -2.59. The molecule has 0 bridgehead atoms. The Morgan fingerprint density at radius 1 is 1.03 bits per heavy atom. The van der Waals surface area contributed by atoms with Crippen LogP contribution in [-0.4, -0.2) is 77.2 Å². The quantitative estimate of drug-likeness (QED) is 0.161. The molecule has 4 unspecified atom stereocenters. The Morgan fingerprint density at radius 3 is 2.16 bits per heavy atom. The number of phenolic OH excluding ortho intramolecular Hbond substituents is 1. The zero-order chi connectivity index (χ0) is 28.1. The van der Waals surface area contributed by atoms with E-state index in [4.69, 9.17) is 16.2 Å². The highest BCUT2D eigenvalue weighted by Crippen LogP contribution is 2.19. The highest BCUT2D eigenvalue weighted by molar-refractivity contribution is 6.01. The summed E-state index contributed by atoms with van der Waals surface area (Å²) < 4.78 is 4.86. The number of hydrogen-bond donors (Lipinski definition) is 5. The van der Waals surface area contributed by atoms with Gasteiger partial charge in [-0.15, -0.1) is 0 Å². The van der Waals surface area contributed by atoms with Gasteiger partial charge in [0.15, 0.2) is 0 Å². The van der Waals surface area contributed by atoms with Crippen molar-refractivity contribution >= 4 is 23.7 Å². The second-order valence-electron chi connectivity index (χ2n) is 9.54. The molecular weight excluding hydrogens is 480 g/mol. The van der Waals surface area contributed by atoms with Gasteiger partial charge in [0.25, 0.3) is 0 Å². The monoisotopic (exact) mass is 522 g/mol. The predicted octanol–water partition coefficient (Wildman–Crippen LogP) is 0.447. The second kappa shape index (κ2) is 16.0. The minimum atomic E-state index is -1.36. The van der Waals surface area contributed by atoms with Crippen molar-refractivity contribution in [3.05, 3.63) is 29.8 Å². The predicted molar refractivity (Wildman–Crippen MR) is 138 cm³/mol. The standard InChI is InChI=1S/C26H42N4O7/c1-16(2)23(26(36)37-4)30(25(35)22(28)19(15-31)14-29-24(34)17(3)27)21(33)9-7-5-6-8-18-10-12-20(32)13-11-18/h10-13,16-17,19,22-23,31-32H,5-9,14-15,27-28H2,1-4H3,(H,29,34). The number of carbonyl (C=O) groups excluding carboxylic acids is 4. The first-order chi connectivity index (χ1) is 17.4. The number of nitrogens with one attached hydrogen (secondary N) is 1. The molecule has 0 aromatic heterocycles. The molecule has 0 saturated carbocycles. The van der Waals surface area contributed by atoms with E-state index in [-0.39, 0.29) is 18.7 Å². The molecule has 4 atom stereocenters. The third-order valence-corrected chi connectivity index (χ3v) is 6.13. The Kier molecular flexibility index (Phi) is 13.8. The van der Waals surface area contributed by atoms with E-state index in [1.54, 1.807) is 26.0 Å². The van der Waals surface area contributed by atoms with E-state index in [1.165, 1.54) is 14.0 Å². The molecule has 208 valence electrons. The van der Waals surface area contributed by atoms with Crippen molar-refractivity contribution in [1.82, 2.24) is 10.2 Å². The molecule has 1 aromatic rings. The first kappa shape index (κ1) is 32.0. The van der Waals surface area contributed by atoms with Crippen LogP contribution in [0, 0.1) is 11.8 Å². The third-order valence-electron chi connectivity index (χ3n) is 6.13. The zero-order valence-corrected chi connectivity index (χ0v) is 22.2. The molecule has 37 heavy (non-hydrogen) atoms. The van der Waals surface area contributed by atoms with Gasteiger partial charge in [-0.25, -0.2) is 4.79 Å². The third kappa shape index (κ3) is 10.1. The van der Waals surface area contributed by atoms with Gasteiger partial charge < -0.3 is 31.7 Å². The maximum absolute atomic E-state index is 13.4. The SMILES string of the molecule is COC(=O)C(C(C)C)N(C(=O)CCCCCc1ccc(O)cc1)C(=O)C(N)C(CO)CNC(=O)C(C)N. The molecule has 0 radical (unpaired) electrons. The summed E-state index contributed by atoms with van der Waals surface area (Å²) in [6, 6.07) is 3.56. The average Bonchev–Trinajstić information content (AvgIpc) is 2.86. The molecule has 11 nitrogen and oxygen atoms in total. The van der Waals surface area contributed by atoms with Gasteiger partial charge >= 0.3 is 5.97 Å². The number of amides is 3. The molecule has 0 aliphatic heterocycles. The fraction of sp³-hybridized carbons (Fsp3) is 0.615. The van der Waals surface area contributed by atoms with Crippen LogP contribution in [0.3, 0.4) is 0 Å². The summed E-state index contributed by atoms with van der Waals surface area (Å²) in [6.07, 6.45) is 2.76. The summed E-state index contributed by atoms with van der Waals surface area (Å²) in [4.78, 5) is 51.9. The molecule has 1 rings (SSSR count). The van der Waals surface area contributed by atoms with Gasteiger partial charge in [-0.2, -0.15) is 0 Å². The lowest BCUT2D eigenvalue weighted by molar-refractivity contribution is -0.163. The Labute approximate surface area is 218 Å². The number of nitrogens with zero attached hydrogens (tertiary/aromatic N) is 1. The number of rotatable bonds is 15. The fourth-order valence-corrected chi connectivity index (χ4v) is 3.84. The number of aryl methyl sites for hydroxylation is 1. The van der Waals surface area contributed by atoms with Crippen LogP contribution >= 0.6 is 0 Å². The molecule has 0 spiro atoms. The Bertz CT molecular complexity index is 889. The minimum absolute atomic E-state index is 0.0134. The summed E-state index contributed by atoms with van der Waals surface area (Å²) in [5, 5.41) is 21.7. The number of hydrogen-bond acceptors (Lipinski definition) is 9. The number of ether oxygens (including phenoxy) is 1. The van der Waals surface area contributed by atoms with Crippen molar-refractivity contribution in [2.24, 2.45) is 23.3 Å². The van der Waals surface area contributed by atoms with Gasteiger partial charge in [0.2, 0.25) is 17.7 Å². The van der Waals surface area contributed by atoms with Crippen LogP contribution in [0.15, 0.2) is 24.3 Å². The number of aliphatic hydroxyl groups is 1. The molecule has 0 aliphatic rings. The van der Waals surface area contributed by atoms with Gasteiger partial charge in [0, 0.05) is 25.5 Å². The van der Waals surface area contributed by atoms with E-state index in [9.17, 15) is 29.4 Å². The van der Waals surface area contributed by atoms with Crippen molar-refractivity contribution in [2.75, 3.05) is 20.3 Å². The summed E-state index contributed by atoms with van der Waals surface area (Å²) in [6.45, 7) is 4.20. The molecule has 0 heterocycles. The van der Waals surface area contributed by atoms with E-state index < -0.39 is 60.3 Å². The molecule has 0 fully saturated rings. The normalized spacial score (nSPS) is 14.4. The molecular formula is C26H42N4O7. The van der Waals surface area contributed by atoms with Gasteiger partial charge in [-0.1, -0.05) is 32.4 Å². The van der Waals surface area contributed by atoms with E-state index in [1.807, 2.05) is 12.1 Å². The number of esters is 1. The summed E-state index contributed by atoms with van der Waals surface area (Å²) in [5.41, 5.74) is 12.7. The molecule has 0 saturated heterocycles. The van der Waals surface area contributed by atoms with E-state index in [0.29, 0.717) is 12.8 Å². The number of benzene rings is 1. The first-order valence-electron chi connectivity index (χ1n) is 12.6. The summed E-state index contributed by atoms with van der Waals surface area (Å²) in [5.74, 6) is -3.77. The Hall–Kier alpha value is -3.02. The largest absolute Gasteiger partial charge is 0.508 e. The van der Waals surface area contributed by atoms with Crippen LogP contribution in [0.5, 0.6) is 5.75 Å². The van der Waals surface area contributed by atoms with Crippen molar-refractivity contribution in [1.29, 1.82) is 0 Å². The second-order valence-corrected chi connectivity index (χ2v) is 9.54. The maximum Gasteiger partial charge on any atom is 0.329 e. The maximum atomic E-state index is 13.4. The van der Waals surface area contributed by atoms with Gasteiger partial charge in [-0.3, -0.25) is 19.3 Å². The van der Waals surface area contributed by atoms with E-state index >= 15 is 0 Å². The summed E-state index contributed by atoms with van der Waals surface area (Å²) in [7, 11) is 1.17. The van der Waals surface area contributed by atoms with Crippen LogP contribution in [0.25, 0.3) is 0 Å². The van der Waals surface area contributed by atoms with Crippen molar-refractivity contribution in [3.8, 4) is 5.75 Å². The van der Waals surface area contributed by atoms with Crippen LogP contribution < -0.4 is 16.8 Å². The zero-order valence-electron chi connectivity index (χ0n) is 22.2. The Balaban J connectivity index is 2.94. The average molecular weight is 523 g/mol. The molecule has 1 aromatic carbocycles. The molecule has 11 heteroatoms. The number of unbranched alkanes of at least 4 members (excludes halogenated alkanes) is 2. The smallest absolute Gasteiger partial charge is 0.329 e. The number of aliphatic hydroxyl groups excluding tert-OH is 1. The number of nitrogens with two attached hydrogens (primary N) is 2. The topological polar surface area (TPSA) is 185 Å². The van der Waals surface area contributed by atoms with E-state index in [0.717, 1.165) is 23.3 Å². The van der Waals surface area contributed by atoms with Gasteiger partial charge in [0.1, 0.15) is 11.8 Å². The summed E-state index contributed by atoms with van der Waals surface area (Å²) >= 11 is 0.